The summed E-state index contributed by atoms with van der Waals surface area (Å²) in [5.41, 5.74) is 6.88. The zero-order valence-electron chi connectivity index (χ0n) is 18.1. The second-order valence-electron chi connectivity index (χ2n) is 8.70. The van der Waals surface area contributed by atoms with Crippen LogP contribution in [-0.2, 0) is 6.42 Å². The number of piperazine rings is 1. The zero-order valence-corrected chi connectivity index (χ0v) is 18.9. The third-order valence-electron chi connectivity index (χ3n) is 6.41. The maximum absolute atomic E-state index is 14.8. The molecule has 2 saturated heterocycles. The maximum atomic E-state index is 14.8. The number of rotatable bonds is 5. The standard InChI is InChI=1S/C23H24F3N5OS/c1-11-16(24)7-15-20(27)21(33-23(15)29-11)22(32)28-5-4-12-6-18(26)19(8-17(12)25)31-9-13-2-3-14(10-31)30-13/h6-8,13-14,30H,2-5,9-10,27H2,1H3,(H,28,32). The second kappa shape index (κ2) is 8.49. The van der Waals surface area contributed by atoms with Gasteiger partial charge in [0.2, 0.25) is 0 Å². The molecule has 0 spiro atoms. The molecule has 4 N–H and O–H groups in total. The van der Waals surface area contributed by atoms with Gasteiger partial charge in [-0.1, -0.05) is 0 Å². The lowest BCUT2D eigenvalue weighted by molar-refractivity contribution is 0.0959. The van der Waals surface area contributed by atoms with E-state index in [9.17, 15) is 18.0 Å². The number of amides is 1. The van der Waals surface area contributed by atoms with Crippen LogP contribution in [0.15, 0.2) is 18.2 Å². The normalized spacial score (nSPS) is 19.9. The lowest BCUT2D eigenvalue weighted by Crippen LogP contribution is -2.51. The number of carbonyl (C=O) groups is 1. The Labute approximate surface area is 193 Å². The zero-order chi connectivity index (χ0) is 23.3. The van der Waals surface area contributed by atoms with Gasteiger partial charge < -0.3 is 21.3 Å². The number of benzene rings is 1. The molecule has 2 fully saturated rings. The minimum absolute atomic E-state index is 0.0980. The average Bonchev–Trinajstić information content (AvgIpc) is 3.28. The lowest BCUT2D eigenvalue weighted by Gasteiger charge is -2.34. The summed E-state index contributed by atoms with van der Waals surface area (Å²) >= 11 is 1.07. The molecule has 5 rings (SSSR count). The quantitative estimate of drug-likeness (QED) is 0.526. The molecule has 2 aromatic heterocycles. The molecule has 0 radical (unpaired) electrons. The predicted octanol–water partition coefficient (Wildman–Crippen LogP) is 3.52. The van der Waals surface area contributed by atoms with E-state index in [1.807, 2.05) is 4.90 Å². The number of nitrogens with two attached hydrogens (primary N) is 1. The molecule has 2 bridgehead atoms. The van der Waals surface area contributed by atoms with Crippen molar-refractivity contribution in [3.05, 3.63) is 51.8 Å². The molecular weight excluding hydrogens is 451 g/mol. The summed E-state index contributed by atoms with van der Waals surface area (Å²) in [5, 5.41) is 6.55. The first kappa shape index (κ1) is 22.0. The summed E-state index contributed by atoms with van der Waals surface area (Å²) in [7, 11) is 0. The number of halogens is 3. The van der Waals surface area contributed by atoms with Gasteiger partial charge in [0.25, 0.3) is 5.91 Å². The highest BCUT2D eigenvalue weighted by Crippen LogP contribution is 2.33. The van der Waals surface area contributed by atoms with Crippen LogP contribution < -0.4 is 21.3 Å². The van der Waals surface area contributed by atoms with Crippen LogP contribution in [0, 0.1) is 24.4 Å². The van der Waals surface area contributed by atoms with Crippen molar-refractivity contribution in [3.8, 4) is 0 Å². The van der Waals surface area contributed by atoms with Gasteiger partial charge in [-0.25, -0.2) is 18.2 Å². The van der Waals surface area contributed by atoms with Crippen LogP contribution in [0.5, 0.6) is 0 Å². The Morgan fingerprint density at radius 2 is 1.91 bits per heavy atom. The van der Waals surface area contributed by atoms with Crippen LogP contribution in [0.1, 0.15) is 33.8 Å². The molecule has 0 saturated carbocycles. The SMILES string of the molecule is Cc1nc2sc(C(=O)NCCc3cc(F)c(N4CC5CCC(C4)N5)cc3F)c(N)c2cc1F. The third kappa shape index (κ3) is 4.13. The van der Waals surface area contributed by atoms with E-state index in [1.54, 1.807) is 0 Å². The number of aryl methyl sites for hydroxylation is 1. The van der Waals surface area contributed by atoms with E-state index in [2.05, 4.69) is 15.6 Å². The fourth-order valence-corrected chi connectivity index (χ4v) is 5.71. The Morgan fingerprint density at radius 1 is 1.18 bits per heavy atom. The van der Waals surface area contributed by atoms with Crippen molar-refractivity contribution in [3.63, 3.8) is 0 Å². The van der Waals surface area contributed by atoms with E-state index in [0.717, 1.165) is 24.2 Å². The largest absolute Gasteiger partial charge is 0.397 e. The number of nitrogens with one attached hydrogen (secondary N) is 2. The van der Waals surface area contributed by atoms with Crippen LogP contribution >= 0.6 is 11.3 Å². The Bertz CT molecular complexity index is 1230. The minimum Gasteiger partial charge on any atom is -0.397 e. The smallest absolute Gasteiger partial charge is 0.263 e. The van der Waals surface area contributed by atoms with Crippen LogP contribution in [0.3, 0.4) is 0 Å². The molecule has 6 nitrogen and oxygen atoms in total. The molecule has 2 atom stereocenters. The number of hydrogen-bond donors (Lipinski definition) is 3. The number of anilines is 2. The molecule has 0 aliphatic carbocycles. The van der Waals surface area contributed by atoms with Gasteiger partial charge in [-0.2, -0.15) is 0 Å². The first-order valence-electron chi connectivity index (χ1n) is 10.9. The molecule has 3 aromatic rings. The summed E-state index contributed by atoms with van der Waals surface area (Å²) in [6.45, 7) is 2.96. The summed E-state index contributed by atoms with van der Waals surface area (Å²) < 4.78 is 43.3. The fraction of sp³-hybridized carbons (Fsp3) is 0.391. The highest BCUT2D eigenvalue weighted by atomic mass is 32.1. The van der Waals surface area contributed by atoms with Crippen LogP contribution in [0.4, 0.5) is 24.5 Å². The maximum Gasteiger partial charge on any atom is 0.263 e. The fourth-order valence-electron chi connectivity index (χ4n) is 4.67. The predicted molar refractivity (Wildman–Crippen MR) is 123 cm³/mol. The van der Waals surface area contributed by atoms with Gasteiger partial charge in [-0.3, -0.25) is 4.79 Å². The van der Waals surface area contributed by atoms with E-state index >= 15 is 0 Å². The molecule has 2 aliphatic heterocycles. The molecule has 1 aromatic carbocycles. The number of aromatic nitrogens is 1. The van der Waals surface area contributed by atoms with Gasteiger partial charge in [0.15, 0.2) is 0 Å². The summed E-state index contributed by atoms with van der Waals surface area (Å²) in [6.07, 6.45) is 2.23. The number of pyridine rings is 1. The molecule has 4 heterocycles. The van der Waals surface area contributed by atoms with Crippen molar-refractivity contribution in [1.82, 2.24) is 15.6 Å². The number of nitrogens with zero attached hydrogens (tertiary/aromatic N) is 2. The first-order chi connectivity index (χ1) is 15.8. The van der Waals surface area contributed by atoms with Gasteiger partial charge in [0.05, 0.1) is 17.1 Å². The Morgan fingerprint density at radius 3 is 2.64 bits per heavy atom. The van der Waals surface area contributed by atoms with Crippen LogP contribution in [-0.4, -0.2) is 42.6 Å². The highest BCUT2D eigenvalue weighted by Gasteiger charge is 2.33. The molecule has 10 heteroatoms. The highest BCUT2D eigenvalue weighted by molar-refractivity contribution is 7.21. The van der Waals surface area contributed by atoms with Crippen molar-refractivity contribution < 1.29 is 18.0 Å². The summed E-state index contributed by atoms with van der Waals surface area (Å²) in [6, 6.07) is 4.37. The number of thiophene rings is 1. The summed E-state index contributed by atoms with van der Waals surface area (Å²) in [5.74, 6) is -1.91. The number of carbonyl (C=O) groups excluding carboxylic acids is 1. The van der Waals surface area contributed by atoms with Gasteiger partial charge in [-0.15, -0.1) is 11.3 Å². The third-order valence-corrected chi connectivity index (χ3v) is 7.52. The van der Waals surface area contributed by atoms with E-state index in [4.69, 9.17) is 5.73 Å². The van der Waals surface area contributed by atoms with E-state index in [0.29, 0.717) is 35.4 Å². The van der Waals surface area contributed by atoms with Crippen molar-refractivity contribution in [1.29, 1.82) is 0 Å². The van der Waals surface area contributed by atoms with Crippen molar-refractivity contribution in [2.24, 2.45) is 0 Å². The van der Waals surface area contributed by atoms with E-state index < -0.39 is 23.4 Å². The van der Waals surface area contributed by atoms with Gasteiger partial charge in [0.1, 0.15) is 27.2 Å². The van der Waals surface area contributed by atoms with Crippen LogP contribution in [0.25, 0.3) is 10.2 Å². The molecule has 33 heavy (non-hydrogen) atoms. The Kier molecular flexibility index (Phi) is 5.65. The molecule has 2 unspecified atom stereocenters. The van der Waals surface area contributed by atoms with E-state index in [-0.39, 0.29) is 40.5 Å². The lowest BCUT2D eigenvalue weighted by atomic mass is 10.1. The second-order valence-corrected chi connectivity index (χ2v) is 9.70. The topological polar surface area (TPSA) is 83.3 Å². The monoisotopic (exact) mass is 475 g/mol. The molecule has 174 valence electrons. The molecule has 2 aliphatic rings. The number of hydrogen-bond acceptors (Lipinski definition) is 6. The molecule has 1 amide bonds. The van der Waals surface area contributed by atoms with Gasteiger partial charge >= 0.3 is 0 Å². The number of nitrogen functional groups attached to an aromatic ring is 1. The van der Waals surface area contributed by atoms with Crippen molar-refractivity contribution in [2.45, 2.75) is 38.3 Å². The minimum atomic E-state index is -0.497. The van der Waals surface area contributed by atoms with Gasteiger partial charge in [-0.05, 0) is 43.9 Å². The van der Waals surface area contributed by atoms with Gasteiger partial charge in [0, 0.05) is 43.2 Å². The first-order valence-corrected chi connectivity index (χ1v) is 11.7. The Balaban J connectivity index is 1.25. The average molecular weight is 476 g/mol. The van der Waals surface area contributed by atoms with Crippen molar-refractivity contribution in [2.75, 3.05) is 30.3 Å². The summed E-state index contributed by atoms with van der Waals surface area (Å²) in [4.78, 5) is 19.3. The van der Waals surface area contributed by atoms with Crippen molar-refractivity contribution >= 4 is 38.8 Å². The number of fused-ring (bicyclic) bond motifs is 3. The van der Waals surface area contributed by atoms with Crippen LogP contribution in [0.2, 0.25) is 0 Å². The Hall–Kier alpha value is -2.85. The molecular formula is C23H24F3N5OS. The van der Waals surface area contributed by atoms with E-state index in [1.165, 1.54) is 25.1 Å².